The molecule has 1 aromatic heterocycles. The van der Waals surface area contributed by atoms with E-state index in [4.69, 9.17) is 22.1 Å². The van der Waals surface area contributed by atoms with Crippen LogP contribution in [-0.2, 0) is 4.74 Å². The Morgan fingerprint density at radius 3 is 3.06 bits per heavy atom. The van der Waals surface area contributed by atoms with Crippen LogP contribution in [0.3, 0.4) is 0 Å². The van der Waals surface area contributed by atoms with Crippen LogP contribution in [0.25, 0.3) is 0 Å². The number of hydrogen-bond donors (Lipinski definition) is 4. The molecule has 7 nitrogen and oxygen atoms in total. The monoisotopic (exact) mass is 260 g/mol. The lowest BCUT2D eigenvalue weighted by molar-refractivity contribution is -0.0261. The van der Waals surface area contributed by atoms with Crippen molar-refractivity contribution in [1.29, 1.82) is 0 Å². The molecule has 0 aromatic carbocycles. The van der Waals surface area contributed by atoms with Crippen molar-refractivity contribution in [1.82, 2.24) is 15.5 Å². The van der Waals surface area contributed by atoms with Gasteiger partial charge in [-0.3, -0.25) is 9.89 Å². The number of amides is 1. The van der Waals surface area contributed by atoms with E-state index in [9.17, 15) is 9.90 Å². The molecule has 0 spiro atoms. The van der Waals surface area contributed by atoms with Crippen LogP contribution in [0.2, 0.25) is 5.02 Å². The third-order valence-corrected chi connectivity index (χ3v) is 2.98. The van der Waals surface area contributed by atoms with Crippen molar-refractivity contribution < 1.29 is 14.6 Å². The van der Waals surface area contributed by atoms with Crippen molar-refractivity contribution in [3.63, 3.8) is 0 Å². The molecule has 8 heteroatoms. The molecule has 2 rings (SSSR count). The van der Waals surface area contributed by atoms with Crippen molar-refractivity contribution in [2.24, 2.45) is 0 Å². The summed E-state index contributed by atoms with van der Waals surface area (Å²) in [6.45, 7) is 0.713. The average Bonchev–Trinajstić information content (AvgIpc) is 2.63. The van der Waals surface area contributed by atoms with Crippen LogP contribution >= 0.6 is 11.6 Å². The van der Waals surface area contributed by atoms with Crippen LogP contribution in [0.1, 0.15) is 16.9 Å². The Kier molecular flexibility index (Phi) is 3.51. The van der Waals surface area contributed by atoms with Crippen LogP contribution in [0.5, 0.6) is 0 Å². The van der Waals surface area contributed by atoms with Crippen LogP contribution < -0.4 is 11.1 Å². The number of aliphatic hydroxyl groups is 1. The van der Waals surface area contributed by atoms with Gasteiger partial charge in [0.15, 0.2) is 5.82 Å². The first-order valence-corrected chi connectivity index (χ1v) is 5.53. The Bertz CT molecular complexity index is 422. The van der Waals surface area contributed by atoms with Gasteiger partial charge in [0.05, 0.1) is 18.8 Å². The molecule has 5 N–H and O–H groups in total. The molecule has 1 saturated heterocycles. The van der Waals surface area contributed by atoms with Crippen LogP contribution in [0.15, 0.2) is 0 Å². The first-order chi connectivity index (χ1) is 8.09. The molecule has 0 radical (unpaired) electrons. The molecule has 1 aromatic rings. The highest BCUT2D eigenvalue weighted by Gasteiger charge is 2.27. The first-order valence-electron chi connectivity index (χ1n) is 5.15. The van der Waals surface area contributed by atoms with Gasteiger partial charge in [-0.05, 0) is 6.42 Å². The Labute approximate surface area is 102 Å². The zero-order valence-electron chi connectivity index (χ0n) is 8.94. The number of carbonyl (C=O) groups is 1. The lowest BCUT2D eigenvalue weighted by atomic mass is 10.1. The number of H-pyrrole nitrogens is 1. The minimum absolute atomic E-state index is 0.0735. The minimum Gasteiger partial charge on any atom is -0.389 e. The smallest absolute Gasteiger partial charge is 0.271 e. The van der Waals surface area contributed by atoms with E-state index in [-0.39, 0.29) is 29.2 Å². The lowest BCUT2D eigenvalue weighted by Crippen LogP contribution is -2.48. The summed E-state index contributed by atoms with van der Waals surface area (Å²) >= 11 is 5.79. The standard InChI is InChI=1S/C9H13ClN4O3/c10-6-7(13-14-8(6)11)9(16)12-4-1-2-17-3-5(4)15/h4-5,15H,1-3H2,(H,12,16)(H3,11,13,14)/t4-,5-/m1/s1. The van der Waals surface area contributed by atoms with Gasteiger partial charge < -0.3 is 20.9 Å². The van der Waals surface area contributed by atoms with E-state index in [0.29, 0.717) is 13.0 Å². The number of aromatic nitrogens is 2. The molecule has 0 bridgehead atoms. The summed E-state index contributed by atoms with van der Waals surface area (Å²) < 4.78 is 5.06. The highest BCUT2D eigenvalue weighted by molar-refractivity contribution is 6.35. The van der Waals surface area contributed by atoms with Crippen molar-refractivity contribution >= 4 is 23.3 Å². The first kappa shape index (κ1) is 12.2. The van der Waals surface area contributed by atoms with Crippen molar-refractivity contribution in [2.45, 2.75) is 18.6 Å². The number of hydrogen-bond acceptors (Lipinski definition) is 5. The highest BCUT2D eigenvalue weighted by Crippen LogP contribution is 2.20. The van der Waals surface area contributed by atoms with E-state index in [1.54, 1.807) is 0 Å². The number of ether oxygens (including phenoxy) is 1. The summed E-state index contributed by atoms with van der Waals surface area (Å²) in [5, 5.41) is 18.4. The maximum atomic E-state index is 11.8. The van der Waals surface area contributed by atoms with Crippen LogP contribution in [-0.4, -0.2) is 46.6 Å². The normalized spacial score (nSPS) is 24.6. The molecular formula is C9H13ClN4O3. The maximum absolute atomic E-state index is 11.8. The number of carbonyl (C=O) groups excluding carboxylic acids is 1. The van der Waals surface area contributed by atoms with E-state index in [1.165, 1.54) is 0 Å². The largest absolute Gasteiger partial charge is 0.389 e. The van der Waals surface area contributed by atoms with Gasteiger partial charge in [0.1, 0.15) is 10.7 Å². The van der Waals surface area contributed by atoms with Crippen molar-refractivity contribution in [3.05, 3.63) is 10.7 Å². The quantitative estimate of drug-likeness (QED) is 0.574. The number of aliphatic hydroxyl groups excluding tert-OH is 1. The van der Waals surface area contributed by atoms with Gasteiger partial charge >= 0.3 is 0 Å². The zero-order chi connectivity index (χ0) is 12.4. The zero-order valence-corrected chi connectivity index (χ0v) is 9.70. The van der Waals surface area contributed by atoms with Gasteiger partial charge in [0.25, 0.3) is 5.91 Å². The summed E-state index contributed by atoms with van der Waals surface area (Å²) in [7, 11) is 0. The fourth-order valence-corrected chi connectivity index (χ4v) is 1.79. The van der Waals surface area contributed by atoms with Gasteiger partial charge in [-0.15, -0.1) is 0 Å². The molecular weight excluding hydrogens is 248 g/mol. The SMILES string of the molecule is Nc1n[nH]c(C(=O)N[C@@H]2CCOC[C@H]2O)c1Cl. The topological polar surface area (TPSA) is 113 Å². The van der Waals surface area contributed by atoms with Crippen molar-refractivity contribution in [3.8, 4) is 0 Å². The van der Waals surface area contributed by atoms with Gasteiger partial charge in [0, 0.05) is 6.61 Å². The number of nitrogen functional groups attached to an aromatic ring is 1. The Morgan fingerprint density at radius 1 is 1.71 bits per heavy atom. The lowest BCUT2D eigenvalue weighted by Gasteiger charge is -2.28. The average molecular weight is 261 g/mol. The molecule has 17 heavy (non-hydrogen) atoms. The van der Waals surface area contributed by atoms with Gasteiger partial charge in [-0.2, -0.15) is 5.10 Å². The van der Waals surface area contributed by atoms with E-state index < -0.39 is 12.0 Å². The van der Waals surface area contributed by atoms with E-state index in [0.717, 1.165) is 0 Å². The third kappa shape index (κ3) is 2.51. The number of nitrogens with one attached hydrogen (secondary N) is 2. The molecule has 2 heterocycles. The number of rotatable bonds is 2. The summed E-state index contributed by atoms with van der Waals surface area (Å²) in [5.74, 6) is -0.366. The molecule has 0 saturated carbocycles. The molecule has 1 fully saturated rings. The number of nitrogens with two attached hydrogens (primary N) is 1. The molecule has 1 aliphatic rings. The number of aromatic amines is 1. The third-order valence-electron chi connectivity index (χ3n) is 2.60. The molecule has 1 aliphatic heterocycles. The second-order valence-corrected chi connectivity index (χ2v) is 4.19. The molecule has 1 amide bonds. The predicted octanol–water partition coefficient (Wildman–Crippen LogP) is -0.475. The van der Waals surface area contributed by atoms with Crippen molar-refractivity contribution in [2.75, 3.05) is 18.9 Å². The Balaban J connectivity index is 2.03. The molecule has 2 atom stereocenters. The predicted molar refractivity (Wildman–Crippen MR) is 60.7 cm³/mol. The summed E-state index contributed by atoms with van der Waals surface area (Å²) in [6, 6.07) is -0.350. The number of halogens is 1. The molecule has 0 aliphatic carbocycles. The van der Waals surface area contributed by atoms with E-state index >= 15 is 0 Å². The number of anilines is 1. The Morgan fingerprint density at radius 2 is 2.47 bits per heavy atom. The van der Waals surface area contributed by atoms with E-state index in [2.05, 4.69) is 15.5 Å². The van der Waals surface area contributed by atoms with Crippen LogP contribution in [0, 0.1) is 0 Å². The fourth-order valence-electron chi connectivity index (χ4n) is 1.62. The number of nitrogens with zero attached hydrogens (tertiary/aromatic N) is 1. The van der Waals surface area contributed by atoms with Gasteiger partial charge in [-0.1, -0.05) is 11.6 Å². The Hall–Kier alpha value is -1.31. The molecule has 94 valence electrons. The summed E-state index contributed by atoms with van der Waals surface area (Å²) in [5.41, 5.74) is 5.52. The summed E-state index contributed by atoms with van der Waals surface area (Å²) in [6.07, 6.45) is -0.166. The second kappa shape index (κ2) is 4.91. The van der Waals surface area contributed by atoms with Gasteiger partial charge in [-0.25, -0.2) is 0 Å². The van der Waals surface area contributed by atoms with Gasteiger partial charge in [0.2, 0.25) is 0 Å². The minimum atomic E-state index is -0.716. The second-order valence-electron chi connectivity index (χ2n) is 3.81. The van der Waals surface area contributed by atoms with E-state index in [1.807, 2.05) is 0 Å². The fraction of sp³-hybridized carbons (Fsp3) is 0.556. The maximum Gasteiger partial charge on any atom is 0.271 e. The van der Waals surface area contributed by atoms with Crippen LogP contribution in [0.4, 0.5) is 5.82 Å². The molecule has 0 unspecified atom stereocenters. The highest BCUT2D eigenvalue weighted by atomic mass is 35.5. The summed E-state index contributed by atoms with van der Waals surface area (Å²) in [4.78, 5) is 11.8.